The summed E-state index contributed by atoms with van der Waals surface area (Å²) in [6, 6.07) is 3.90. The van der Waals surface area contributed by atoms with Crippen LogP contribution >= 0.6 is 12.6 Å². The number of ether oxygens (including phenoxy) is 1. The molecule has 0 heterocycles. The molecule has 2 atom stereocenters. The van der Waals surface area contributed by atoms with Crippen molar-refractivity contribution in [2.45, 2.75) is 110 Å². The van der Waals surface area contributed by atoms with Crippen LogP contribution in [0.2, 0.25) is 0 Å². The van der Waals surface area contributed by atoms with Crippen molar-refractivity contribution in [1.29, 1.82) is 0 Å². The molecule has 0 saturated heterocycles. The van der Waals surface area contributed by atoms with E-state index >= 15 is 0 Å². The average Bonchev–Trinajstić information content (AvgIpc) is 2.76. The number of aryl methyl sites for hydroxylation is 2. The summed E-state index contributed by atoms with van der Waals surface area (Å²) in [5.41, 5.74) is 2.21. The normalized spacial score (nSPS) is 16.4. The average molecular weight is 506 g/mol. The van der Waals surface area contributed by atoms with Gasteiger partial charge in [0.25, 0.3) is 0 Å². The van der Waals surface area contributed by atoms with Gasteiger partial charge in [0, 0.05) is 17.8 Å². The lowest BCUT2D eigenvalue weighted by atomic mass is 9.93. The van der Waals surface area contributed by atoms with E-state index in [1.807, 2.05) is 45.9 Å². The monoisotopic (exact) mass is 505 g/mol. The maximum absolute atomic E-state index is 13.8. The number of benzene rings is 1. The summed E-state index contributed by atoms with van der Waals surface area (Å²) >= 11 is 4.33. The smallest absolute Gasteiger partial charge is 0.408 e. The number of nitrogens with one attached hydrogen (secondary N) is 2. The Kier molecular flexibility index (Phi) is 10.5. The fourth-order valence-corrected chi connectivity index (χ4v) is 4.64. The molecule has 1 aromatic rings. The molecule has 1 aliphatic carbocycles. The van der Waals surface area contributed by atoms with Gasteiger partial charge >= 0.3 is 6.09 Å². The maximum atomic E-state index is 13.8. The molecule has 0 spiro atoms. The number of alkyl carbamates (subject to hydrolysis) is 1. The second kappa shape index (κ2) is 12.7. The highest BCUT2D eigenvalue weighted by Crippen LogP contribution is 2.28. The SMILES string of the molecule is Cc1ccc(C(C(=O)NC2CCCCC2)N(C(=O)C(CS)NC(=O)OC(C)(C)C)C(C)C)cc1C. The van der Waals surface area contributed by atoms with Gasteiger partial charge in [-0.1, -0.05) is 37.5 Å². The summed E-state index contributed by atoms with van der Waals surface area (Å²) in [5, 5.41) is 5.85. The summed E-state index contributed by atoms with van der Waals surface area (Å²) in [5.74, 6) is -0.495. The Morgan fingerprint density at radius 3 is 2.23 bits per heavy atom. The Hall–Kier alpha value is -2.22. The van der Waals surface area contributed by atoms with Gasteiger partial charge in [0.2, 0.25) is 11.8 Å². The summed E-state index contributed by atoms with van der Waals surface area (Å²) < 4.78 is 5.35. The second-order valence-corrected chi connectivity index (χ2v) is 11.2. The van der Waals surface area contributed by atoms with E-state index in [2.05, 4.69) is 23.3 Å². The van der Waals surface area contributed by atoms with E-state index in [9.17, 15) is 14.4 Å². The number of hydrogen-bond donors (Lipinski definition) is 3. The van der Waals surface area contributed by atoms with Gasteiger partial charge in [-0.2, -0.15) is 12.6 Å². The lowest BCUT2D eigenvalue weighted by Gasteiger charge is -2.38. The van der Waals surface area contributed by atoms with Crippen LogP contribution < -0.4 is 10.6 Å². The minimum Gasteiger partial charge on any atom is -0.444 e. The first-order valence-corrected chi connectivity index (χ1v) is 13.3. The third-order valence-electron chi connectivity index (χ3n) is 6.31. The van der Waals surface area contributed by atoms with E-state index in [4.69, 9.17) is 4.74 Å². The molecule has 1 saturated carbocycles. The Bertz CT molecular complexity index is 891. The molecule has 2 unspecified atom stereocenters. The summed E-state index contributed by atoms with van der Waals surface area (Å²) in [7, 11) is 0. The van der Waals surface area contributed by atoms with Crippen molar-refractivity contribution in [2.75, 3.05) is 5.75 Å². The number of carbonyl (C=O) groups is 3. The first-order chi connectivity index (χ1) is 16.3. The molecule has 0 aliphatic heterocycles. The van der Waals surface area contributed by atoms with Crippen molar-refractivity contribution < 1.29 is 19.1 Å². The molecule has 1 fully saturated rings. The van der Waals surface area contributed by atoms with Crippen LogP contribution in [-0.2, 0) is 14.3 Å². The van der Waals surface area contributed by atoms with Crippen LogP contribution in [0.5, 0.6) is 0 Å². The molecule has 35 heavy (non-hydrogen) atoms. The molecular formula is C27H43N3O4S. The third-order valence-corrected chi connectivity index (χ3v) is 6.67. The minimum atomic E-state index is -0.938. The van der Waals surface area contributed by atoms with Gasteiger partial charge in [0.1, 0.15) is 17.7 Å². The summed E-state index contributed by atoms with van der Waals surface area (Å²) in [6.45, 7) is 13.0. The fourth-order valence-electron chi connectivity index (χ4n) is 4.40. The molecule has 0 radical (unpaired) electrons. The number of nitrogens with zero attached hydrogens (tertiary/aromatic N) is 1. The van der Waals surface area contributed by atoms with E-state index in [1.54, 1.807) is 25.7 Å². The van der Waals surface area contributed by atoms with E-state index in [-0.39, 0.29) is 29.7 Å². The van der Waals surface area contributed by atoms with Crippen molar-refractivity contribution in [3.05, 3.63) is 34.9 Å². The van der Waals surface area contributed by atoms with E-state index < -0.39 is 23.8 Å². The molecule has 0 bridgehead atoms. The molecule has 2 rings (SSSR count). The highest BCUT2D eigenvalue weighted by molar-refractivity contribution is 7.80. The summed E-state index contributed by atoms with van der Waals surface area (Å²) in [4.78, 5) is 41.5. The van der Waals surface area contributed by atoms with Crippen molar-refractivity contribution >= 4 is 30.5 Å². The molecule has 7 nitrogen and oxygen atoms in total. The molecule has 8 heteroatoms. The van der Waals surface area contributed by atoms with Gasteiger partial charge in [-0.25, -0.2) is 4.79 Å². The van der Waals surface area contributed by atoms with E-state index in [0.29, 0.717) is 0 Å². The van der Waals surface area contributed by atoms with Crippen LogP contribution in [0, 0.1) is 13.8 Å². The number of hydrogen-bond acceptors (Lipinski definition) is 5. The van der Waals surface area contributed by atoms with E-state index in [0.717, 1.165) is 42.4 Å². The molecule has 3 amide bonds. The first kappa shape index (κ1) is 29.0. The van der Waals surface area contributed by atoms with Crippen LogP contribution in [-0.4, -0.2) is 52.3 Å². The standard InChI is InChI=1S/C27H43N3O4S/c1-17(2)30(25(32)22(16-35)29-26(33)34-27(5,6)7)23(20-14-13-18(3)19(4)15-20)24(31)28-21-11-9-8-10-12-21/h13-15,17,21-23,35H,8-12,16H2,1-7H3,(H,28,31)(H,29,33). The predicted octanol–water partition coefficient (Wildman–Crippen LogP) is 4.85. The van der Waals surface area contributed by atoms with Crippen LogP contribution in [0.25, 0.3) is 0 Å². The maximum Gasteiger partial charge on any atom is 0.408 e. The highest BCUT2D eigenvalue weighted by atomic mass is 32.1. The molecule has 2 N–H and O–H groups in total. The number of rotatable bonds is 8. The van der Waals surface area contributed by atoms with Crippen LogP contribution in [0.15, 0.2) is 18.2 Å². The van der Waals surface area contributed by atoms with Gasteiger partial charge in [-0.3, -0.25) is 9.59 Å². The lowest BCUT2D eigenvalue weighted by Crippen LogP contribution is -2.56. The molecular weight excluding hydrogens is 462 g/mol. The van der Waals surface area contributed by atoms with Crippen LogP contribution in [0.1, 0.15) is 89.5 Å². The van der Waals surface area contributed by atoms with Crippen molar-refractivity contribution in [1.82, 2.24) is 15.5 Å². The van der Waals surface area contributed by atoms with Gasteiger partial charge in [-0.05, 0) is 78.0 Å². The molecule has 196 valence electrons. The zero-order valence-electron chi connectivity index (χ0n) is 22.3. The highest BCUT2D eigenvalue weighted by Gasteiger charge is 2.38. The Balaban J connectivity index is 2.41. The first-order valence-electron chi connectivity index (χ1n) is 12.6. The zero-order valence-corrected chi connectivity index (χ0v) is 23.2. The number of carbonyl (C=O) groups excluding carboxylic acids is 3. The topological polar surface area (TPSA) is 87.7 Å². The fraction of sp³-hybridized carbons (Fsp3) is 0.667. The Morgan fingerprint density at radius 1 is 1.09 bits per heavy atom. The van der Waals surface area contributed by atoms with Gasteiger partial charge in [0.05, 0.1) is 0 Å². The molecule has 1 aliphatic rings. The van der Waals surface area contributed by atoms with Crippen LogP contribution in [0.4, 0.5) is 4.79 Å². The number of thiol groups is 1. The van der Waals surface area contributed by atoms with Crippen molar-refractivity contribution in [2.24, 2.45) is 0 Å². The van der Waals surface area contributed by atoms with Gasteiger partial charge < -0.3 is 20.3 Å². The summed E-state index contributed by atoms with van der Waals surface area (Å²) in [6.07, 6.45) is 4.56. The lowest BCUT2D eigenvalue weighted by molar-refractivity contribution is -0.144. The molecule has 0 aromatic heterocycles. The predicted molar refractivity (Wildman–Crippen MR) is 143 cm³/mol. The quantitative estimate of drug-likeness (QED) is 0.441. The zero-order chi connectivity index (χ0) is 26.3. The van der Waals surface area contributed by atoms with E-state index in [1.165, 1.54) is 6.42 Å². The second-order valence-electron chi connectivity index (χ2n) is 10.8. The Morgan fingerprint density at radius 2 is 1.71 bits per heavy atom. The molecule has 1 aromatic carbocycles. The minimum absolute atomic E-state index is 0.0746. The van der Waals surface area contributed by atoms with Crippen molar-refractivity contribution in [3.8, 4) is 0 Å². The van der Waals surface area contributed by atoms with Gasteiger partial charge in [-0.15, -0.1) is 0 Å². The van der Waals surface area contributed by atoms with Crippen molar-refractivity contribution in [3.63, 3.8) is 0 Å². The largest absolute Gasteiger partial charge is 0.444 e. The van der Waals surface area contributed by atoms with Crippen LogP contribution in [0.3, 0.4) is 0 Å². The van der Waals surface area contributed by atoms with Gasteiger partial charge in [0.15, 0.2) is 0 Å². The number of amides is 3. The third kappa shape index (κ3) is 8.44. The Labute approximate surface area is 216 Å².